The Bertz CT molecular complexity index is 610. The quantitative estimate of drug-likeness (QED) is 0.576. The highest BCUT2D eigenvalue weighted by molar-refractivity contribution is 4.84. The smallest absolute Gasteiger partial charge is 0.336 e. The molecule has 0 saturated carbocycles. The van der Waals surface area contributed by atoms with Gasteiger partial charge in [-0.05, 0) is 6.92 Å². The molecular formula is C11H15N3O5. The third kappa shape index (κ3) is 2.28. The van der Waals surface area contributed by atoms with E-state index in [1.807, 2.05) is 0 Å². The van der Waals surface area contributed by atoms with Gasteiger partial charge in [0.15, 0.2) is 0 Å². The van der Waals surface area contributed by atoms with Crippen molar-refractivity contribution >= 4 is 0 Å². The number of rotatable bonds is 5. The molecule has 1 aromatic heterocycles. The number of hydrogen-bond donors (Lipinski definition) is 0. The molecule has 0 radical (unpaired) electrons. The maximum Gasteiger partial charge on any atom is 0.336 e. The lowest BCUT2D eigenvalue weighted by atomic mass is 10.4. The summed E-state index contributed by atoms with van der Waals surface area (Å²) in [6.07, 6.45) is -0.197. The Morgan fingerprint density at radius 1 is 0.895 bits per heavy atom. The average molecular weight is 269 g/mol. The van der Waals surface area contributed by atoms with Crippen LogP contribution in [0.5, 0.6) is 0 Å². The molecule has 0 spiro atoms. The Kier molecular flexibility index (Phi) is 2.90. The standard InChI is InChI=1S/C11H15N3O5/c1-2-12-9(15)13(3-7-5-18-7)11(17)14(10(12)16)4-8-6-19-8/h7-8H,2-6H2,1H3. The highest BCUT2D eigenvalue weighted by Crippen LogP contribution is 2.10. The molecule has 0 N–H and O–H groups in total. The molecule has 8 nitrogen and oxygen atoms in total. The summed E-state index contributed by atoms with van der Waals surface area (Å²) in [6, 6.07) is 0. The summed E-state index contributed by atoms with van der Waals surface area (Å²) in [4.78, 5) is 36.4. The van der Waals surface area contributed by atoms with Crippen LogP contribution in [0.25, 0.3) is 0 Å². The van der Waals surface area contributed by atoms with E-state index in [1.54, 1.807) is 6.92 Å². The van der Waals surface area contributed by atoms with Crippen molar-refractivity contribution in [2.45, 2.75) is 38.8 Å². The molecule has 2 fully saturated rings. The molecule has 3 heterocycles. The second kappa shape index (κ2) is 4.46. The summed E-state index contributed by atoms with van der Waals surface area (Å²) in [5.41, 5.74) is -1.72. The highest BCUT2D eigenvalue weighted by atomic mass is 16.6. The Morgan fingerprint density at radius 3 is 1.58 bits per heavy atom. The first-order valence-electron chi connectivity index (χ1n) is 6.29. The van der Waals surface area contributed by atoms with Crippen molar-refractivity contribution < 1.29 is 9.47 Å². The van der Waals surface area contributed by atoms with Crippen LogP contribution in [0, 0.1) is 0 Å². The van der Waals surface area contributed by atoms with E-state index < -0.39 is 17.1 Å². The molecule has 19 heavy (non-hydrogen) atoms. The van der Waals surface area contributed by atoms with Gasteiger partial charge in [-0.3, -0.25) is 0 Å². The fourth-order valence-electron chi connectivity index (χ4n) is 2.02. The zero-order valence-electron chi connectivity index (χ0n) is 10.6. The minimum absolute atomic E-state index is 0.0983. The number of epoxide rings is 2. The predicted molar refractivity (Wildman–Crippen MR) is 64.4 cm³/mol. The van der Waals surface area contributed by atoms with Crippen molar-refractivity contribution in [1.82, 2.24) is 13.7 Å². The van der Waals surface area contributed by atoms with Crippen LogP contribution >= 0.6 is 0 Å². The van der Waals surface area contributed by atoms with Gasteiger partial charge in [0.2, 0.25) is 0 Å². The second-order valence-electron chi connectivity index (χ2n) is 4.72. The molecule has 8 heteroatoms. The fraction of sp³-hybridized carbons (Fsp3) is 0.727. The SMILES string of the molecule is CCn1c(=O)n(CC2CO2)c(=O)n(CC2CO2)c1=O. The van der Waals surface area contributed by atoms with Gasteiger partial charge >= 0.3 is 17.1 Å². The van der Waals surface area contributed by atoms with Gasteiger partial charge in [-0.25, -0.2) is 28.1 Å². The van der Waals surface area contributed by atoms with Crippen LogP contribution in [0.1, 0.15) is 6.92 Å². The van der Waals surface area contributed by atoms with Crippen LogP contribution < -0.4 is 17.1 Å². The van der Waals surface area contributed by atoms with E-state index in [0.29, 0.717) is 13.2 Å². The monoisotopic (exact) mass is 269 g/mol. The lowest BCUT2D eigenvalue weighted by molar-refractivity contribution is 0.341. The van der Waals surface area contributed by atoms with Crippen LogP contribution in [-0.4, -0.2) is 39.1 Å². The zero-order valence-corrected chi connectivity index (χ0v) is 10.6. The van der Waals surface area contributed by atoms with Crippen molar-refractivity contribution in [1.29, 1.82) is 0 Å². The van der Waals surface area contributed by atoms with E-state index in [4.69, 9.17) is 9.47 Å². The summed E-state index contributed by atoms with van der Waals surface area (Å²) in [5.74, 6) is 0. The molecule has 2 unspecified atom stereocenters. The molecule has 1 aromatic rings. The number of aromatic nitrogens is 3. The van der Waals surface area contributed by atoms with Crippen molar-refractivity contribution in [3.05, 3.63) is 31.5 Å². The second-order valence-corrected chi connectivity index (χ2v) is 4.72. The summed E-state index contributed by atoms with van der Waals surface area (Å²) in [6.45, 7) is 3.41. The first-order valence-corrected chi connectivity index (χ1v) is 6.29. The molecule has 2 atom stereocenters. The first-order chi connectivity index (χ1) is 9.11. The summed E-state index contributed by atoms with van der Waals surface area (Å²) in [7, 11) is 0. The van der Waals surface area contributed by atoms with Crippen molar-refractivity contribution in [3.8, 4) is 0 Å². The maximum atomic E-state index is 12.2. The lowest BCUT2D eigenvalue weighted by Gasteiger charge is -2.11. The van der Waals surface area contributed by atoms with Gasteiger partial charge in [-0.15, -0.1) is 0 Å². The van der Waals surface area contributed by atoms with Crippen LogP contribution in [0.4, 0.5) is 0 Å². The van der Waals surface area contributed by atoms with Gasteiger partial charge in [0.1, 0.15) is 0 Å². The molecule has 2 saturated heterocycles. The predicted octanol–water partition coefficient (Wildman–Crippen LogP) is -2.01. The van der Waals surface area contributed by atoms with E-state index in [1.165, 1.54) is 0 Å². The molecule has 3 rings (SSSR count). The van der Waals surface area contributed by atoms with Gasteiger partial charge in [-0.1, -0.05) is 0 Å². The van der Waals surface area contributed by atoms with Gasteiger partial charge in [0.05, 0.1) is 38.5 Å². The zero-order chi connectivity index (χ0) is 13.6. The van der Waals surface area contributed by atoms with Crippen molar-refractivity contribution in [3.63, 3.8) is 0 Å². The average Bonchev–Trinajstić information content (AvgIpc) is 3.25. The molecule has 0 bridgehead atoms. The van der Waals surface area contributed by atoms with Crippen LogP contribution in [0.3, 0.4) is 0 Å². The van der Waals surface area contributed by atoms with E-state index in [0.717, 1.165) is 13.7 Å². The first kappa shape index (κ1) is 12.4. The summed E-state index contributed by atoms with van der Waals surface area (Å²) < 4.78 is 13.3. The van der Waals surface area contributed by atoms with Crippen molar-refractivity contribution in [2.24, 2.45) is 0 Å². The maximum absolute atomic E-state index is 12.2. The third-order valence-corrected chi connectivity index (χ3v) is 3.28. The van der Waals surface area contributed by atoms with E-state index >= 15 is 0 Å². The minimum atomic E-state index is -0.578. The highest BCUT2D eigenvalue weighted by Gasteiger charge is 2.29. The largest absolute Gasteiger partial charge is 0.371 e. The topological polar surface area (TPSA) is 91.1 Å². The van der Waals surface area contributed by atoms with Crippen LogP contribution in [0.15, 0.2) is 14.4 Å². The van der Waals surface area contributed by atoms with E-state index in [9.17, 15) is 14.4 Å². The molecule has 0 aliphatic carbocycles. The number of ether oxygens (including phenoxy) is 2. The van der Waals surface area contributed by atoms with Gasteiger partial charge < -0.3 is 9.47 Å². The summed E-state index contributed by atoms with van der Waals surface area (Å²) >= 11 is 0. The van der Waals surface area contributed by atoms with Crippen LogP contribution in [-0.2, 0) is 29.1 Å². The Hall–Kier alpha value is -1.67. The van der Waals surface area contributed by atoms with Gasteiger partial charge in [0.25, 0.3) is 0 Å². The van der Waals surface area contributed by atoms with Gasteiger partial charge in [-0.2, -0.15) is 0 Å². The Morgan fingerprint density at radius 2 is 1.26 bits per heavy atom. The summed E-state index contributed by atoms with van der Waals surface area (Å²) in [5, 5.41) is 0. The fourth-order valence-corrected chi connectivity index (χ4v) is 2.02. The molecule has 104 valence electrons. The lowest BCUT2D eigenvalue weighted by Crippen LogP contribution is -2.55. The molecule has 0 amide bonds. The Balaban J connectivity index is 2.13. The van der Waals surface area contributed by atoms with Crippen LogP contribution in [0.2, 0.25) is 0 Å². The van der Waals surface area contributed by atoms with E-state index in [2.05, 4.69) is 0 Å². The molecule has 0 aromatic carbocycles. The molecule has 2 aliphatic heterocycles. The number of hydrogen-bond acceptors (Lipinski definition) is 5. The molecule has 2 aliphatic rings. The van der Waals surface area contributed by atoms with Gasteiger partial charge in [0, 0.05) is 6.54 Å². The third-order valence-electron chi connectivity index (χ3n) is 3.28. The van der Waals surface area contributed by atoms with Crippen molar-refractivity contribution in [2.75, 3.05) is 13.2 Å². The normalized spacial score (nSPS) is 24.5. The number of nitrogens with zero attached hydrogens (tertiary/aromatic N) is 3. The van der Waals surface area contributed by atoms with E-state index in [-0.39, 0.29) is 31.8 Å². The minimum Gasteiger partial charge on any atom is -0.371 e. The Labute approximate surface area is 107 Å². The molecular weight excluding hydrogens is 254 g/mol.